The summed E-state index contributed by atoms with van der Waals surface area (Å²) in [4.78, 5) is 4.95. The first-order valence-corrected chi connectivity index (χ1v) is 7.03. The minimum Gasteiger partial charge on any atom is -0.257 e. The van der Waals surface area contributed by atoms with Crippen molar-refractivity contribution in [3.05, 3.63) is 28.6 Å². The summed E-state index contributed by atoms with van der Waals surface area (Å²) < 4.78 is 0. The van der Waals surface area contributed by atoms with Crippen LogP contribution in [0.15, 0.2) is 6.07 Å². The SMILES string of the molecule is CCCc1nc2c(cc1C)C1CC(C2)C1(C)C. The molecule has 1 aromatic rings. The minimum atomic E-state index is 0.521. The zero-order valence-electron chi connectivity index (χ0n) is 11.5. The van der Waals surface area contributed by atoms with Gasteiger partial charge in [-0.2, -0.15) is 0 Å². The maximum Gasteiger partial charge on any atom is 0.0445 e. The monoisotopic (exact) mass is 229 g/mol. The van der Waals surface area contributed by atoms with Gasteiger partial charge in [0.15, 0.2) is 0 Å². The Morgan fingerprint density at radius 2 is 2.18 bits per heavy atom. The van der Waals surface area contributed by atoms with Gasteiger partial charge >= 0.3 is 0 Å². The zero-order valence-corrected chi connectivity index (χ0v) is 11.5. The number of aromatic nitrogens is 1. The van der Waals surface area contributed by atoms with Crippen LogP contribution in [-0.2, 0) is 12.8 Å². The lowest BCUT2D eigenvalue weighted by atomic mass is 9.48. The van der Waals surface area contributed by atoms with Crippen LogP contribution in [0.5, 0.6) is 0 Å². The molecule has 1 aromatic heterocycles. The van der Waals surface area contributed by atoms with Crippen LogP contribution >= 0.6 is 0 Å². The molecule has 2 bridgehead atoms. The molecule has 0 spiro atoms. The lowest BCUT2D eigenvalue weighted by Gasteiger charge is -2.56. The van der Waals surface area contributed by atoms with E-state index in [2.05, 4.69) is 33.8 Å². The maximum absolute atomic E-state index is 4.95. The van der Waals surface area contributed by atoms with E-state index in [1.54, 1.807) is 5.56 Å². The third-order valence-electron chi connectivity index (χ3n) is 5.20. The van der Waals surface area contributed by atoms with Crippen molar-refractivity contribution in [2.45, 2.75) is 59.3 Å². The average Bonchev–Trinajstić information content (AvgIpc) is 2.29. The average molecular weight is 229 g/mol. The van der Waals surface area contributed by atoms with Gasteiger partial charge in [0, 0.05) is 11.4 Å². The van der Waals surface area contributed by atoms with Gasteiger partial charge in [-0.15, -0.1) is 0 Å². The molecule has 4 rings (SSSR count). The van der Waals surface area contributed by atoms with Gasteiger partial charge in [0.25, 0.3) is 0 Å². The van der Waals surface area contributed by atoms with E-state index in [0.717, 1.165) is 18.3 Å². The lowest BCUT2D eigenvalue weighted by molar-refractivity contribution is 0.0168. The summed E-state index contributed by atoms with van der Waals surface area (Å²) in [6, 6.07) is 2.44. The van der Waals surface area contributed by atoms with Gasteiger partial charge in [-0.05, 0) is 54.6 Å². The Balaban J connectivity index is 2.03. The Morgan fingerprint density at radius 3 is 2.82 bits per heavy atom. The molecule has 1 fully saturated rings. The Kier molecular flexibility index (Phi) is 2.36. The Hall–Kier alpha value is -0.850. The third kappa shape index (κ3) is 1.47. The first-order chi connectivity index (χ1) is 8.04. The normalized spacial score (nSPS) is 28.5. The molecule has 0 aromatic carbocycles. The molecule has 1 saturated carbocycles. The van der Waals surface area contributed by atoms with Crippen LogP contribution in [0.4, 0.5) is 0 Å². The molecule has 0 amide bonds. The van der Waals surface area contributed by atoms with Gasteiger partial charge in [-0.3, -0.25) is 4.98 Å². The van der Waals surface area contributed by atoms with Gasteiger partial charge in [0.05, 0.1) is 0 Å². The molecule has 0 radical (unpaired) electrons. The number of nitrogens with zero attached hydrogens (tertiary/aromatic N) is 1. The third-order valence-corrected chi connectivity index (χ3v) is 5.20. The predicted octanol–water partition coefficient (Wildman–Crippen LogP) is 4.03. The maximum atomic E-state index is 4.95. The molecule has 3 aliphatic carbocycles. The highest BCUT2D eigenvalue weighted by Gasteiger charge is 2.52. The molecule has 2 atom stereocenters. The van der Waals surface area contributed by atoms with E-state index in [0.29, 0.717) is 5.41 Å². The molecule has 1 nitrogen and oxygen atoms in total. The molecule has 2 unspecified atom stereocenters. The highest BCUT2D eigenvalue weighted by atomic mass is 14.8. The molecule has 0 aliphatic heterocycles. The summed E-state index contributed by atoms with van der Waals surface area (Å²) in [5.41, 5.74) is 6.25. The Morgan fingerprint density at radius 1 is 1.41 bits per heavy atom. The van der Waals surface area contributed by atoms with E-state index in [9.17, 15) is 0 Å². The molecule has 17 heavy (non-hydrogen) atoms. The van der Waals surface area contributed by atoms with E-state index in [4.69, 9.17) is 4.98 Å². The van der Waals surface area contributed by atoms with Gasteiger partial charge in [-0.25, -0.2) is 0 Å². The van der Waals surface area contributed by atoms with Crippen LogP contribution < -0.4 is 0 Å². The summed E-state index contributed by atoms with van der Waals surface area (Å²) in [7, 11) is 0. The second-order valence-corrected chi connectivity index (χ2v) is 6.55. The summed E-state index contributed by atoms with van der Waals surface area (Å²) in [5, 5.41) is 0. The van der Waals surface area contributed by atoms with Crippen molar-refractivity contribution in [1.29, 1.82) is 0 Å². The Bertz CT molecular complexity index is 459. The van der Waals surface area contributed by atoms with Crippen molar-refractivity contribution in [1.82, 2.24) is 4.98 Å². The lowest BCUT2D eigenvalue weighted by Crippen LogP contribution is -2.48. The first kappa shape index (κ1) is 11.3. The van der Waals surface area contributed by atoms with Crippen molar-refractivity contribution < 1.29 is 0 Å². The standard InChI is InChI=1S/C16H23N/c1-5-6-14-10(2)7-12-13-8-11(16(13,3)4)9-15(12)17-14/h7,11,13H,5-6,8-9H2,1-4H3. The van der Waals surface area contributed by atoms with Crippen molar-refractivity contribution in [3.8, 4) is 0 Å². The number of pyridine rings is 1. The van der Waals surface area contributed by atoms with Gasteiger partial charge < -0.3 is 0 Å². The summed E-state index contributed by atoms with van der Waals surface area (Å²) in [6.07, 6.45) is 4.95. The molecule has 3 aliphatic rings. The van der Waals surface area contributed by atoms with Crippen molar-refractivity contribution >= 4 is 0 Å². The zero-order chi connectivity index (χ0) is 12.2. The predicted molar refractivity (Wildman–Crippen MR) is 71.3 cm³/mol. The molecular weight excluding hydrogens is 206 g/mol. The van der Waals surface area contributed by atoms with Crippen LogP contribution in [0, 0.1) is 18.3 Å². The summed E-state index contributed by atoms with van der Waals surface area (Å²) in [5.74, 6) is 1.66. The fourth-order valence-electron chi connectivity index (χ4n) is 3.79. The van der Waals surface area contributed by atoms with E-state index in [1.807, 2.05) is 0 Å². The van der Waals surface area contributed by atoms with E-state index >= 15 is 0 Å². The molecule has 0 saturated heterocycles. The second kappa shape index (κ2) is 3.57. The van der Waals surface area contributed by atoms with Gasteiger partial charge in [0.1, 0.15) is 0 Å². The number of rotatable bonds is 2. The van der Waals surface area contributed by atoms with Crippen molar-refractivity contribution in [2.75, 3.05) is 0 Å². The highest BCUT2D eigenvalue weighted by Crippen LogP contribution is 2.61. The molecule has 1 heterocycles. The van der Waals surface area contributed by atoms with Gasteiger partial charge in [0.2, 0.25) is 0 Å². The largest absolute Gasteiger partial charge is 0.257 e. The van der Waals surface area contributed by atoms with Crippen LogP contribution in [0.1, 0.15) is 62.0 Å². The fourth-order valence-corrected chi connectivity index (χ4v) is 3.79. The first-order valence-electron chi connectivity index (χ1n) is 7.03. The summed E-state index contributed by atoms with van der Waals surface area (Å²) in [6.45, 7) is 9.34. The quantitative estimate of drug-likeness (QED) is 0.746. The van der Waals surface area contributed by atoms with E-state index in [-0.39, 0.29) is 0 Å². The van der Waals surface area contributed by atoms with Crippen LogP contribution in [-0.4, -0.2) is 4.98 Å². The molecule has 1 heteroatoms. The fraction of sp³-hybridized carbons (Fsp3) is 0.688. The molecular formula is C16H23N. The second-order valence-electron chi connectivity index (χ2n) is 6.55. The number of aryl methyl sites for hydroxylation is 2. The topological polar surface area (TPSA) is 12.9 Å². The van der Waals surface area contributed by atoms with Gasteiger partial charge in [-0.1, -0.05) is 33.3 Å². The van der Waals surface area contributed by atoms with Crippen molar-refractivity contribution in [2.24, 2.45) is 11.3 Å². The Labute approximate surface area is 105 Å². The summed E-state index contributed by atoms with van der Waals surface area (Å²) >= 11 is 0. The van der Waals surface area contributed by atoms with Crippen LogP contribution in [0.25, 0.3) is 0 Å². The molecule has 0 N–H and O–H groups in total. The minimum absolute atomic E-state index is 0.521. The van der Waals surface area contributed by atoms with E-state index < -0.39 is 0 Å². The highest BCUT2D eigenvalue weighted by molar-refractivity contribution is 5.40. The number of hydrogen-bond donors (Lipinski definition) is 0. The number of hydrogen-bond acceptors (Lipinski definition) is 1. The van der Waals surface area contributed by atoms with E-state index in [1.165, 1.54) is 36.2 Å². The smallest absolute Gasteiger partial charge is 0.0445 e. The van der Waals surface area contributed by atoms with Crippen molar-refractivity contribution in [3.63, 3.8) is 0 Å². The van der Waals surface area contributed by atoms with Crippen LogP contribution in [0.2, 0.25) is 0 Å². The molecule has 92 valence electrons. The van der Waals surface area contributed by atoms with Crippen LogP contribution in [0.3, 0.4) is 0 Å².